The van der Waals surface area contributed by atoms with Crippen LogP contribution in [0, 0.1) is 5.92 Å². The van der Waals surface area contributed by atoms with Gasteiger partial charge in [-0.15, -0.1) is 0 Å². The van der Waals surface area contributed by atoms with Crippen molar-refractivity contribution in [1.82, 2.24) is 14.9 Å². The van der Waals surface area contributed by atoms with Crippen molar-refractivity contribution in [1.29, 1.82) is 0 Å². The fourth-order valence-electron chi connectivity index (χ4n) is 3.34. The van der Waals surface area contributed by atoms with Crippen LogP contribution in [0.2, 0.25) is 5.02 Å². The molecule has 4 rings (SSSR count). The van der Waals surface area contributed by atoms with Crippen molar-refractivity contribution in [2.24, 2.45) is 5.92 Å². The zero-order valence-corrected chi connectivity index (χ0v) is 13.7. The maximum Gasteiger partial charge on any atom is 0.114 e. The molecule has 2 aromatic rings. The molecule has 1 saturated heterocycles. The van der Waals surface area contributed by atoms with Gasteiger partial charge in [-0.1, -0.05) is 23.7 Å². The molecular formula is C18H20ClN3O. The van der Waals surface area contributed by atoms with Gasteiger partial charge in [0, 0.05) is 42.6 Å². The Morgan fingerprint density at radius 2 is 2.00 bits per heavy atom. The van der Waals surface area contributed by atoms with E-state index in [-0.39, 0.29) is 0 Å². The molecule has 3 heterocycles. The highest BCUT2D eigenvalue weighted by Gasteiger charge is 2.22. The van der Waals surface area contributed by atoms with E-state index in [2.05, 4.69) is 16.1 Å². The molecule has 2 aliphatic rings. The molecule has 0 spiro atoms. The molecule has 0 bridgehead atoms. The van der Waals surface area contributed by atoms with Crippen LogP contribution in [0.1, 0.15) is 24.4 Å². The van der Waals surface area contributed by atoms with Crippen molar-refractivity contribution in [2.45, 2.75) is 25.8 Å². The van der Waals surface area contributed by atoms with Crippen molar-refractivity contribution >= 4 is 17.8 Å². The molecule has 1 N–H and O–H groups in total. The first-order valence-electron chi connectivity index (χ1n) is 8.15. The molecule has 0 radical (unpaired) electrons. The van der Waals surface area contributed by atoms with Gasteiger partial charge in [0.2, 0.25) is 0 Å². The molecule has 0 aliphatic carbocycles. The zero-order valence-electron chi connectivity index (χ0n) is 13.0. The van der Waals surface area contributed by atoms with Crippen LogP contribution in [0.3, 0.4) is 0 Å². The minimum Gasteiger partial charge on any atom is -0.384 e. The third kappa shape index (κ3) is 3.01. The average molecular weight is 330 g/mol. The number of benzene rings is 1. The van der Waals surface area contributed by atoms with Gasteiger partial charge in [-0.3, -0.25) is 0 Å². The molecule has 1 aromatic carbocycles. The fourth-order valence-corrected chi connectivity index (χ4v) is 3.46. The minimum atomic E-state index is 0.664. The predicted molar refractivity (Wildman–Crippen MR) is 92.1 cm³/mol. The first kappa shape index (κ1) is 14.8. The lowest BCUT2D eigenvalue weighted by Crippen LogP contribution is -2.20. The zero-order chi connectivity index (χ0) is 15.6. The van der Waals surface area contributed by atoms with Crippen LogP contribution in [-0.4, -0.2) is 22.8 Å². The highest BCUT2D eigenvalue weighted by atomic mass is 35.5. The van der Waals surface area contributed by atoms with E-state index in [0.29, 0.717) is 5.92 Å². The Morgan fingerprint density at radius 3 is 2.78 bits per heavy atom. The van der Waals surface area contributed by atoms with Gasteiger partial charge in [-0.25, -0.2) is 4.98 Å². The monoisotopic (exact) mass is 329 g/mol. The number of imidazole rings is 1. The maximum absolute atomic E-state index is 6.02. The van der Waals surface area contributed by atoms with Crippen LogP contribution < -0.4 is 5.32 Å². The second kappa shape index (κ2) is 6.38. The minimum absolute atomic E-state index is 0.664. The van der Waals surface area contributed by atoms with Crippen LogP contribution in [0.25, 0.3) is 17.5 Å². The largest absolute Gasteiger partial charge is 0.384 e. The molecule has 1 aromatic heterocycles. The number of nitrogens with zero attached hydrogens (tertiary/aromatic N) is 2. The normalized spacial score (nSPS) is 17.8. The summed E-state index contributed by atoms with van der Waals surface area (Å²) in [5.74, 6) is 1.81. The summed E-state index contributed by atoms with van der Waals surface area (Å²) in [5.41, 5.74) is 3.39. The molecule has 120 valence electrons. The van der Waals surface area contributed by atoms with Crippen molar-refractivity contribution in [2.75, 3.05) is 13.2 Å². The number of rotatable bonds is 3. The molecule has 2 aliphatic heterocycles. The van der Waals surface area contributed by atoms with Gasteiger partial charge in [0.05, 0.1) is 17.9 Å². The van der Waals surface area contributed by atoms with E-state index >= 15 is 0 Å². The van der Waals surface area contributed by atoms with E-state index in [0.717, 1.165) is 61.1 Å². The molecule has 23 heavy (non-hydrogen) atoms. The van der Waals surface area contributed by atoms with Crippen LogP contribution >= 0.6 is 11.6 Å². The Hall–Kier alpha value is -1.78. The SMILES string of the molecule is Clc1ccc(-c2nc(CC3CCOCC3)n3c2CNC=C3)cc1. The number of aromatic nitrogens is 2. The van der Waals surface area contributed by atoms with Gasteiger partial charge in [-0.05, 0) is 30.9 Å². The van der Waals surface area contributed by atoms with E-state index < -0.39 is 0 Å². The lowest BCUT2D eigenvalue weighted by atomic mass is 9.96. The standard InChI is InChI=1S/C18H20ClN3O/c19-15-3-1-14(2-4-15)18-16-12-20-7-8-22(16)17(21-18)11-13-5-9-23-10-6-13/h1-4,7-8,13,20H,5-6,9-12H2. The Morgan fingerprint density at radius 1 is 1.22 bits per heavy atom. The predicted octanol–water partition coefficient (Wildman–Crippen LogP) is 3.70. The van der Waals surface area contributed by atoms with Gasteiger partial charge in [0.15, 0.2) is 0 Å². The lowest BCUT2D eigenvalue weighted by molar-refractivity contribution is 0.0659. The third-order valence-corrected chi connectivity index (χ3v) is 4.88. The molecule has 0 saturated carbocycles. The molecule has 1 fully saturated rings. The number of hydrogen-bond donors (Lipinski definition) is 1. The molecule has 4 nitrogen and oxygen atoms in total. The summed E-state index contributed by atoms with van der Waals surface area (Å²) < 4.78 is 7.72. The van der Waals surface area contributed by atoms with Gasteiger partial charge >= 0.3 is 0 Å². The van der Waals surface area contributed by atoms with E-state index in [1.807, 2.05) is 30.5 Å². The quantitative estimate of drug-likeness (QED) is 0.933. The van der Waals surface area contributed by atoms with Gasteiger partial charge in [-0.2, -0.15) is 0 Å². The number of fused-ring (bicyclic) bond motifs is 1. The Bertz CT molecular complexity index is 715. The molecular weight excluding hydrogens is 310 g/mol. The van der Waals surface area contributed by atoms with Gasteiger partial charge in [0.25, 0.3) is 0 Å². The van der Waals surface area contributed by atoms with Crippen molar-refractivity contribution in [3.8, 4) is 11.3 Å². The van der Waals surface area contributed by atoms with Crippen LogP contribution in [-0.2, 0) is 17.7 Å². The van der Waals surface area contributed by atoms with E-state index in [9.17, 15) is 0 Å². The summed E-state index contributed by atoms with van der Waals surface area (Å²) in [7, 11) is 0. The van der Waals surface area contributed by atoms with Crippen molar-refractivity contribution < 1.29 is 4.74 Å². The molecule has 0 unspecified atom stereocenters. The number of nitrogens with one attached hydrogen (secondary N) is 1. The first-order valence-corrected chi connectivity index (χ1v) is 8.53. The second-order valence-electron chi connectivity index (χ2n) is 6.16. The lowest BCUT2D eigenvalue weighted by Gasteiger charge is -2.22. The summed E-state index contributed by atoms with van der Waals surface area (Å²) in [5, 5.41) is 4.04. The summed E-state index contributed by atoms with van der Waals surface area (Å²) in [6, 6.07) is 7.93. The van der Waals surface area contributed by atoms with E-state index in [4.69, 9.17) is 21.3 Å². The molecule has 5 heteroatoms. The fraction of sp³-hybridized carbons (Fsp3) is 0.389. The van der Waals surface area contributed by atoms with Crippen molar-refractivity contribution in [3.63, 3.8) is 0 Å². The number of ether oxygens (including phenoxy) is 1. The van der Waals surface area contributed by atoms with E-state index in [1.54, 1.807) is 0 Å². The third-order valence-electron chi connectivity index (χ3n) is 4.62. The molecule has 0 atom stereocenters. The summed E-state index contributed by atoms with van der Waals surface area (Å²) in [6.07, 6.45) is 7.34. The summed E-state index contributed by atoms with van der Waals surface area (Å²) >= 11 is 6.02. The van der Waals surface area contributed by atoms with Crippen LogP contribution in [0.4, 0.5) is 0 Å². The van der Waals surface area contributed by atoms with Gasteiger partial charge < -0.3 is 14.6 Å². The van der Waals surface area contributed by atoms with Crippen LogP contribution in [0.15, 0.2) is 30.5 Å². The van der Waals surface area contributed by atoms with E-state index in [1.165, 1.54) is 5.69 Å². The topological polar surface area (TPSA) is 39.1 Å². The van der Waals surface area contributed by atoms with Gasteiger partial charge in [0.1, 0.15) is 5.82 Å². The highest BCUT2D eigenvalue weighted by molar-refractivity contribution is 6.30. The summed E-state index contributed by atoms with van der Waals surface area (Å²) in [4.78, 5) is 4.97. The Kier molecular flexibility index (Phi) is 4.10. The summed E-state index contributed by atoms with van der Waals surface area (Å²) in [6.45, 7) is 2.55. The van der Waals surface area contributed by atoms with Crippen LogP contribution in [0.5, 0.6) is 0 Å². The number of halogens is 1. The highest BCUT2D eigenvalue weighted by Crippen LogP contribution is 2.29. The van der Waals surface area contributed by atoms with Crippen molar-refractivity contribution in [3.05, 3.63) is 47.0 Å². The number of hydrogen-bond acceptors (Lipinski definition) is 3. The Labute approximate surface area is 141 Å². The second-order valence-corrected chi connectivity index (χ2v) is 6.59. The average Bonchev–Trinajstić information content (AvgIpc) is 2.95. The Balaban J connectivity index is 1.69. The maximum atomic E-state index is 6.02. The molecule has 0 amide bonds. The smallest absolute Gasteiger partial charge is 0.114 e. The first-order chi connectivity index (χ1) is 11.3.